The van der Waals surface area contributed by atoms with Gasteiger partial charge in [0.15, 0.2) is 0 Å². The van der Waals surface area contributed by atoms with Crippen molar-refractivity contribution in [2.75, 3.05) is 26.2 Å². The first-order valence-electron chi connectivity index (χ1n) is 7.18. The van der Waals surface area contributed by atoms with Gasteiger partial charge < -0.3 is 0 Å². The Kier molecular flexibility index (Phi) is 4.26. The molecule has 2 aliphatic heterocycles. The lowest BCUT2D eigenvalue weighted by atomic mass is 10.0. The fourth-order valence-electron chi connectivity index (χ4n) is 3.25. The van der Waals surface area contributed by atoms with Crippen molar-refractivity contribution < 1.29 is 0 Å². The van der Waals surface area contributed by atoms with Crippen LogP contribution >= 0.6 is 0 Å². The highest BCUT2D eigenvalue weighted by Crippen LogP contribution is 2.25. The number of fused-ring (bicyclic) bond motifs is 1. The lowest BCUT2D eigenvalue weighted by Gasteiger charge is -2.36. The van der Waals surface area contributed by atoms with Crippen molar-refractivity contribution in [3.63, 3.8) is 0 Å². The van der Waals surface area contributed by atoms with Crippen LogP contribution in [0, 0.1) is 5.92 Å². The molecule has 0 amide bonds. The van der Waals surface area contributed by atoms with Crippen LogP contribution in [0.25, 0.3) is 0 Å². The molecule has 0 aliphatic carbocycles. The molecule has 0 aromatic carbocycles. The Hall–Kier alpha value is -0.0800. The van der Waals surface area contributed by atoms with Gasteiger partial charge in [0.05, 0.1) is 0 Å². The van der Waals surface area contributed by atoms with Gasteiger partial charge in [-0.15, -0.1) is 0 Å². The van der Waals surface area contributed by atoms with Crippen LogP contribution in [0.3, 0.4) is 0 Å². The average molecular weight is 224 g/mol. The maximum Gasteiger partial charge on any atom is 0.0223 e. The predicted octanol–water partition coefficient (Wildman–Crippen LogP) is 2.59. The molecule has 2 aliphatic rings. The van der Waals surface area contributed by atoms with Gasteiger partial charge in [0, 0.05) is 31.7 Å². The summed E-state index contributed by atoms with van der Waals surface area (Å²) in [6.07, 6.45) is 5.64. The zero-order valence-electron chi connectivity index (χ0n) is 11.3. The van der Waals surface area contributed by atoms with Crippen molar-refractivity contribution >= 4 is 0 Å². The molecule has 2 heteroatoms. The molecule has 2 unspecified atom stereocenters. The smallest absolute Gasteiger partial charge is 0.0223 e. The number of hydrogen-bond donors (Lipinski definition) is 0. The molecule has 0 bridgehead atoms. The van der Waals surface area contributed by atoms with E-state index in [9.17, 15) is 0 Å². The van der Waals surface area contributed by atoms with E-state index in [-0.39, 0.29) is 0 Å². The van der Waals surface area contributed by atoms with Gasteiger partial charge in [0.1, 0.15) is 0 Å². The maximum atomic E-state index is 2.78. The van der Waals surface area contributed by atoms with Crippen LogP contribution in [-0.4, -0.2) is 48.1 Å². The molecule has 2 atom stereocenters. The number of nitrogens with zero attached hydrogens (tertiary/aromatic N) is 2. The van der Waals surface area contributed by atoms with E-state index < -0.39 is 0 Å². The Morgan fingerprint density at radius 2 is 1.94 bits per heavy atom. The van der Waals surface area contributed by atoms with E-state index in [1.165, 1.54) is 51.9 Å². The molecule has 2 heterocycles. The summed E-state index contributed by atoms with van der Waals surface area (Å²) in [5, 5.41) is 0. The highest BCUT2D eigenvalue weighted by molar-refractivity contribution is 4.87. The molecule has 16 heavy (non-hydrogen) atoms. The van der Waals surface area contributed by atoms with Crippen molar-refractivity contribution in [1.82, 2.24) is 9.80 Å². The van der Waals surface area contributed by atoms with Crippen LogP contribution < -0.4 is 0 Å². The lowest BCUT2D eigenvalue weighted by molar-refractivity contribution is 0.124. The van der Waals surface area contributed by atoms with Crippen LogP contribution in [0.15, 0.2) is 0 Å². The molecular formula is C14H28N2. The third-order valence-corrected chi connectivity index (χ3v) is 4.49. The summed E-state index contributed by atoms with van der Waals surface area (Å²) in [6.45, 7) is 12.4. The van der Waals surface area contributed by atoms with E-state index in [4.69, 9.17) is 0 Å². The number of rotatable bonds is 2. The van der Waals surface area contributed by atoms with Gasteiger partial charge in [-0.25, -0.2) is 0 Å². The number of hydrogen-bond acceptors (Lipinski definition) is 2. The molecule has 0 spiro atoms. The molecule has 2 rings (SSSR count). The molecule has 2 saturated heterocycles. The van der Waals surface area contributed by atoms with Crippen LogP contribution in [0.4, 0.5) is 0 Å². The summed E-state index contributed by atoms with van der Waals surface area (Å²) in [7, 11) is 0. The molecule has 0 saturated carbocycles. The zero-order valence-corrected chi connectivity index (χ0v) is 11.3. The molecule has 0 N–H and O–H groups in total. The van der Waals surface area contributed by atoms with E-state index in [2.05, 4.69) is 30.6 Å². The molecule has 2 nitrogen and oxygen atoms in total. The van der Waals surface area contributed by atoms with Gasteiger partial charge in [-0.2, -0.15) is 0 Å². The summed E-state index contributed by atoms with van der Waals surface area (Å²) in [4.78, 5) is 5.49. The van der Waals surface area contributed by atoms with E-state index in [0.717, 1.165) is 18.0 Å². The monoisotopic (exact) mass is 224 g/mol. The van der Waals surface area contributed by atoms with Gasteiger partial charge in [0.2, 0.25) is 0 Å². The Morgan fingerprint density at radius 1 is 1.12 bits per heavy atom. The van der Waals surface area contributed by atoms with E-state index >= 15 is 0 Å². The molecule has 0 radical (unpaired) electrons. The SMILES string of the molecule is CCC1CN(C(C)C)CC2CCCCN2C1. The first-order valence-corrected chi connectivity index (χ1v) is 7.18. The fourth-order valence-corrected chi connectivity index (χ4v) is 3.25. The van der Waals surface area contributed by atoms with Gasteiger partial charge in [0.25, 0.3) is 0 Å². The molecular weight excluding hydrogens is 196 g/mol. The second-order valence-corrected chi connectivity index (χ2v) is 5.97. The van der Waals surface area contributed by atoms with E-state index in [1.807, 2.05) is 0 Å². The molecule has 2 fully saturated rings. The third kappa shape index (κ3) is 2.78. The topological polar surface area (TPSA) is 6.48 Å². The summed E-state index contributed by atoms with van der Waals surface area (Å²) < 4.78 is 0. The van der Waals surface area contributed by atoms with Gasteiger partial charge in [-0.1, -0.05) is 19.8 Å². The first kappa shape index (κ1) is 12.4. The average Bonchev–Trinajstić information content (AvgIpc) is 2.47. The van der Waals surface area contributed by atoms with Gasteiger partial charge in [-0.3, -0.25) is 9.80 Å². The van der Waals surface area contributed by atoms with Crippen LogP contribution in [-0.2, 0) is 0 Å². The molecule has 94 valence electrons. The minimum absolute atomic E-state index is 0.718. The van der Waals surface area contributed by atoms with Crippen LogP contribution in [0.2, 0.25) is 0 Å². The highest BCUT2D eigenvalue weighted by atomic mass is 15.3. The first-order chi connectivity index (χ1) is 7.70. The molecule has 0 aromatic heterocycles. The lowest BCUT2D eigenvalue weighted by Crippen LogP contribution is -2.45. The Balaban J connectivity index is 2.05. The Bertz CT molecular complexity index is 213. The van der Waals surface area contributed by atoms with Crippen LogP contribution in [0.1, 0.15) is 46.5 Å². The Labute approximate surface area is 101 Å². The maximum absolute atomic E-state index is 2.78. The van der Waals surface area contributed by atoms with E-state index in [1.54, 1.807) is 0 Å². The van der Waals surface area contributed by atoms with Crippen molar-refractivity contribution in [1.29, 1.82) is 0 Å². The standard InChI is InChI=1S/C14H28N2/c1-4-13-9-15-8-6-5-7-14(15)11-16(10-13)12(2)3/h12-14H,4-11H2,1-3H3. The summed E-state index contributed by atoms with van der Waals surface area (Å²) in [5.41, 5.74) is 0. The highest BCUT2D eigenvalue weighted by Gasteiger charge is 2.31. The second-order valence-electron chi connectivity index (χ2n) is 5.97. The largest absolute Gasteiger partial charge is 0.299 e. The third-order valence-electron chi connectivity index (χ3n) is 4.49. The summed E-state index contributed by atoms with van der Waals surface area (Å²) >= 11 is 0. The summed E-state index contributed by atoms with van der Waals surface area (Å²) in [5.74, 6) is 0.894. The zero-order chi connectivity index (χ0) is 11.5. The second kappa shape index (κ2) is 5.50. The Morgan fingerprint density at radius 3 is 2.62 bits per heavy atom. The number of piperidine rings is 1. The predicted molar refractivity (Wildman–Crippen MR) is 69.7 cm³/mol. The normalized spacial score (nSPS) is 33.8. The fraction of sp³-hybridized carbons (Fsp3) is 1.00. The minimum atomic E-state index is 0.718. The van der Waals surface area contributed by atoms with Crippen molar-refractivity contribution in [2.45, 2.75) is 58.5 Å². The quantitative estimate of drug-likeness (QED) is 0.711. The van der Waals surface area contributed by atoms with Crippen LogP contribution in [0.5, 0.6) is 0 Å². The minimum Gasteiger partial charge on any atom is -0.299 e. The van der Waals surface area contributed by atoms with Crippen molar-refractivity contribution in [3.8, 4) is 0 Å². The summed E-state index contributed by atoms with van der Waals surface area (Å²) in [6, 6.07) is 1.57. The van der Waals surface area contributed by atoms with Gasteiger partial charge >= 0.3 is 0 Å². The van der Waals surface area contributed by atoms with Gasteiger partial charge in [-0.05, 0) is 39.2 Å². The van der Waals surface area contributed by atoms with E-state index in [0.29, 0.717) is 0 Å². The molecule has 0 aromatic rings. The van der Waals surface area contributed by atoms with Crippen molar-refractivity contribution in [3.05, 3.63) is 0 Å². The van der Waals surface area contributed by atoms with Crippen molar-refractivity contribution in [2.24, 2.45) is 5.92 Å².